The van der Waals surface area contributed by atoms with Crippen molar-refractivity contribution in [1.29, 1.82) is 0 Å². The molecule has 2 aromatic carbocycles. The van der Waals surface area contributed by atoms with Crippen molar-refractivity contribution in [2.75, 3.05) is 17.2 Å². The Morgan fingerprint density at radius 1 is 1.26 bits per heavy atom. The van der Waals surface area contributed by atoms with Gasteiger partial charge in [0.05, 0.1) is 17.1 Å². The number of aromatic amines is 1. The zero-order valence-corrected chi connectivity index (χ0v) is 18.4. The number of nitrogen functional groups attached to an aromatic ring is 1. The van der Waals surface area contributed by atoms with Gasteiger partial charge in [-0.25, -0.2) is 19.0 Å². The zero-order valence-electron chi connectivity index (χ0n) is 18.4. The average molecular weight is 469 g/mol. The summed E-state index contributed by atoms with van der Waals surface area (Å²) in [6.07, 6.45) is 3.30. The molecule has 6 rings (SSSR count). The molecule has 0 spiro atoms. The van der Waals surface area contributed by atoms with Gasteiger partial charge in [0.2, 0.25) is 5.91 Å². The molecule has 1 atom stereocenters. The Bertz CT molecular complexity index is 1620. The van der Waals surface area contributed by atoms with Crippen LogP contribution in [0.1, 0.15) is 11.6 Å². The summed E-state index contributed by atoms with van der Waals surface area (Å²) < 4.78 is 15.7. The summed E-state index contributed by atoms with van der Waals surface area (Å²) in [6.45, 7) is 4.01. The van der Waals surface area contributed by atoms with Crippen LogP contribution in [-0.2, 0) is 11.2 Å². The largest absolute Gasteiger partial charge is 0.505 e. The van der Waals surface area contributed by atoms with Gasteiger partial charge in [-0.3, -0.25) is 4.79 Å². The molecule has 10 heteroatoms. The molecule has 0 aliphatic carbocycles. The van der Waals surface area contributed by atoms with Gasteiger partial charge >= 0.3 is 0 Å². The SMILES string of the molecule is C=CC(=O)N1CC(n2nc(-c3cc4cc(O)c(F)cc4[nH]3)c3c(N)ncnc32)Cc2ccccc21. The first-order valence-corrected chi connectivity index (χ1v) is 11.0. The van der Waals surface area contributed by atoms with E-state index in [0.717, 1.165) is 11.3 Å². The van der Waals surface area contributed by atoms with Crippen LogP contribution < -0.4 is 10.6 Å². The number of phenolic OH excluding ortho intramolecular Hbond substituents is 1. The highest BCUT2D eigenvalue weighted by molar-refractivity contribution is 6.02. The molecule has 174 valence electrons. The third-order valence-corrected chi connectivity index (χ3v) is 6.38. The lowest BCUT2D eigenvalue weighted by Gasteiger charge is -2.34. The number of carbonyl (C=O) groups is 1. The van der Waals surface area contributed by atoms with Crippen LogP contribution in [0.3, 0.4) is 0 Å². The van der Waals surface area contributed by atoms with Crippen molar-refractivity contribution in [2.24, 2.45) is 0 Å². The molecule has 0 saturated carbocycles. The highest BCUT2D eigenvalue weighted by Gasteiger charge is 2.31. The van der Waals surface area contributed by atoms with Gasteiger partial charge in [-0.05, 0) is 36.3 Å². The number of nitrogens with one attached hydrogen (secondary N) is 1. The van der Waals surface area contributed by atoms with Crippen molar-refractivity contribution >= 4 is 39.3 Å². The van der Waals surface area contributed by atoms with Crippen LogP contribution in [0.2, 0.25) is 0 Å². The van der Waals surface area contributed by atoms with E-state index in [4.69, 9.17) is 10.8 Å². The molecule has 1 amide bonds. The molecule has 5 aromatic rings. The fourth-order valence-electron chi connectivity index (χ4n) is 4.77. The molecule has 1 aliphatic heterocycles. The number of amides is 1. The van der Waals surface area contributed by atoms with Crippen molar-refractivity contribution in [1.82, 2.24) is 24.7 Å². The quantitative estimate of drug-likeness (QED) is 0.346. The smallest absolute Gasteiger partial charge is 0.250 e. The maximum atomic E-state index is 13.9. The summed E-state index contributed by atoms with van der Waals surface area (Å²) in [7, 11) is 0. The Hall–Kier alpha value is -4.73. The standard InChI is InChI=1S/C25H20FN7O2/c1-2-21(35)32-11-15(7-13-5-3-4-6-19(13)32)33-25-22(24(27)28-12-29-25)23(31-33)18-8-14-9-20(34)16(26)10-17(14)30-18/h2-6,8-10,12,15,30,34H,1,7,11H2,(H2,27,28,29). The molecule has 1 unspecified atom stereocenters. The number of carbonyl (C=O) groups excluding carboxylic acids is 1. The number of hydrogen-bond donors (Lipinski definition) is 3. The van der Waals surface area contributed by atoms with E-state index in [2.05, 4.69) is 21.5 Å². The number of nitrogens with two attached hydrogens (primary N) is 1. The van der Waals surface area contributed by atoms with Crippen LogP contribution in [0.25, 0.3) is 33.3 Å². The minimum Gasteiger partial charge on any atom is -0.505 e. The minimum atomic E-state index is -0.725. The van der Waals surface area contributed by atoms with Gasteiger partial charge in [0, 0.05) is 29.2 Å². The topological polar surface area (TPSA) is 126 Å². The number of H-pyrrole nitrogens is 1. The van der Waals surface area contributed by atoms with Crippen molar-refractivity contribution in [2.45, 2.75) is 12.5 Å². The Morgan fingerprint density at radius 3 is 2.91 bits per heavy atom. The first-order valence-electron chi connectivity index (χ1n) is 11.0. The van der Waals surface area contributed by atoms with Crippen molar-refractivity contribution < 1.29 is 14.3 Å². The van der Waals surface area contributed by atoms with Crippen LogP contribution in [0, 0.1) is 5.82 Å². The van der Waals surface area contributed by atoms with E-state index in [1.165, 1.54) is 24.5 Å². The maximum Gasteiger partial charge on any atom is 0.250 e. The molecule has 1 aliphatic rings. The number of phenols is 1. The van der Waals surface area contributed by atoms with E-state index >= 15 is 0 Å². The normalized spacial score (nSPS) is 15.5. The summed E-state index contributed by atoms with van der Waals surface area (Å²) in [4.78, 5) is 26.1. The van der Waals surface area contributed by atoms with E-state index in [1.54, 1.807) is 15.6 Å². The van der Waals surface area contributed by atoms with Gasteiger partial charge in [-0.1, -0.05) is 24.8 Å². The van der Waals surface area contributed by atoms with E-state index in [-0.39, 0.29) is 17.8 Å². The van der Waals surface area contributed by atoms with Crippen LogP contribution in [-0.4, -0.2) is 42.3 Å². The Morgan fingerprint density at radius 2 is 2.09 bits per heavy atom. The Kier molecular flexibility index (Phi) is 4.56. The lowest BCUT2D eigenvalue weighted by atomic mass is 9.97. The molecule has 4 N–H and O–H groups in total. The monoisotopic (exact) mass is 469 g/mol. The van der Waals surface area contributed by atoms with Crippen molar-refractivity contribution in [3.8, 4) is 17.1 Å². The Balaban J connectivity index is 1.53. The zero-order chi connectivity index (χ0) is 24.3. The fourth-order valence-corrected chi connectivity index (χ4v) is 4.77. The molecule has 4 heterocycles. The summed E-state index contributed by atoms with van der Waals surface area (Å²) in [5.74, 6) is -1.12. The number of nitrogens with zero attached hydrogens (tertiary/aromatic N) is 5. The van der Waals surface area contributed by atoms with Gasteiger partial charge in [0.15, 0.2) is 17.2 Å². The minimum absolute atomic E-state index is 0.203. The molecule has 3 aromatic heterocycles. The lowest BCUT2D eigenvalue weighted by molar-refractivity contribution is -0.114. The van der Waals surface area contributed by atoms with E-state index in [0.29, 0.717) is 46.3 Å². The van der Waals surface area contributed by atoms with E-state index < -0.39 is 11.6 Å². The molecule has 9 nitrogen and oxygen atoms in total. The maximum absolute atomic E-state index is 13.9. The third-order valence-electron chi connectivity index (χ3n) is 6.38. The number of para-hydroxylation sites is 1. The molecular formula is C25H20FN7O2. The lowest BCUT2D eigenvalue weighted by Crippen LogP contribution is -2.40. The highest BCUT2D eigenvalue weighted by Crippen LogP contribution is 2.37. The van der Waals surface area contributed by atoms with Gasteiger partial charge in [0.1, 0.15) is 17.8 Å². The predicted molar refractivity (Wildman–Crippen MR) is 130 cm³/mol. The van der Waals surface area contributed by atoms with E-state index in [1.807, 2.05) is 24.3 Å². The second-order valence-electron chi connectivity index (χ2n) is 8.46. The van der Waals surface area contributed by atoms with Gasteiger partial charge in [-0.2, -0.15) is 5.10 Å². The molecule has 0 saturated heterocycles. The number of fused-ring (bicyclic) bond motifs is 3. The van der Waals surface area contributed by atoms with Crippen LogP contribution in [0.15, 0.2) is 61.4 Å². The van der Waals surface area contributed by atoms with Crippen molar-refractivity contribution in [3.63, 3.8) is 0 Å². The number of halogens is 1. The third kappa shape index (κ3) is 3.22. The molecule has 0 bridgehead atoms. The van der Waals surface area contributed by atoms with Crippen molar-refractivity contribution in [3.05, 3.63) is 72.8 Å². The second-order valence-corrected chi connectivity index (χ2v) is 8.46. The number of aromatic nitrogens is 5. The first-order chi connectivity index (χ1) is 16.9. The first kappa shape index (κ1) is 20.8. The molecule has 35 heavy (non-hydrogen) atoms. The highest BCUT2D eigenvalue weighted by atomic mass is 19.1. The predicted octanol–water partition coefficient (Wildman–Crippen LogP) is 3.72. The number of hydrogen-bond acceptors (Lipinski definition) is 6. The summed E-state index contributed by atoms with van der Waals surface area (Å²) >= 11 is 0. The van der Waals surface area contributed by atoms with Gasteiger partial charge in [-0.15, -0.1) is 0 Å². The van der Waals surface area contributed by atoms with Crippen LogP contribution in [0.4, 0.5) is 15.9 Å². The average Bonchev–Trinajstić information content (AvgIpc) is 3.45. The number of anilines is 2. The summed E-state index contributed by atoms with van der Waals surface area (Å²) in [6, 6.07) is 11.8. The van der Waals surface area contributed by atoms with Crippen LogP contribution >= 0.6 is 0 Å². The van der Waals surface area contributed by atoms with E-state index in [9.17, 15) is 14.3 Å². The number of rotatable bonds is 3. The fraction of sp³-hybridized carbons (Fsp3) is 0.120. The number of benzene rings is 2. The Labute approximate surface area is 198 Å². The molecule has 0 fully saturated rings. The summed E-state index contributed by atoms with van der Waals surface area (Å²) in [5.41, 5.74) is 10.2. The second kappa shape index (κ2) is 7.66. The van der Waals surface area contributed by atoms with Gasteiger partial charge in [0.25, 0.3) is 0 Å². The number of aromatic hydroxyl groups is 1. The van der Waals surface area contributed by atoms with Gasteiger partial charge < -0.3 is 20.7 Å². The summed E-state index contributed by atoms with van der Waals surface area (Å²) in [5, 5.41) is 15.8. The molecular weight excluding hydrogens is 449 g/mol. The molecule has 0 radical (unpaired) electrons. The van der Waals surface area contributed by atoms with Crippen LogP contribution in [0.5, 0.6) is 5.75 Å².